The highest BCUT2D eigenvalue weighted by Gasteiger charge is 2.15. The van der Waals surface area contributed by atoms with Crippen LogP contribution in [0.3, 0.4) is 0 Å². The van der Waals surface area contributed by atoms with Gasteiger partial charge in [0.1, 0.15) is 0 Å². The molecule has 0 spiro atoms. The van der Waals surface area contributed by atoms with E-state index in [1.165, 1.54) is 0 Å². The van der Waals surface area contributed by atoms with Gasteiger partial charge in [-0.1, -0.05) is 6.92 Å². The monoisotopic (exact) mass is 182 g/mol. The van der Waals surface area contributed by atoms with Gasteiger partial charge in [0.15, 0.2) is 0 Å². The molecule has 0 rings (SSSR count). The van der Waals surface area contributed by atoms with Crippen molar-refractivity contribution >= 4 is 10.3 Å². The normalized spacial score (nSPS) is 12.4. The summed E-state index contributed by atoms with van der Waals surface area (Å²) < 4.78 is 30.6. The predicted octanol–water partition coefficient (Wildman–Crippen LogP) is -0.540. The maximum absolute atomic E-state index is 10.5. The fraction of sp³-hybridized carbons (Fsp3) is 1.00. The first kappa shape index (κ1) is 10.8. The Labute approximate surface area is 67.1 Å². The summed E-state index contributed by atoms with van der Waals surface area (Å²) in [5.41, 5.74) is 5.14. The Morgan fingerprint density at radius 3 is 2.27 bits per heavy atom. The third kappa shape index (κ3) is 4.31. The first-order chi connectivity index (χ1) is 5.02. The summed E-state index contributed by atoms with van der Waals surface area (Å²) in [7, 11) is -4.04. The van der Waals surface area contributed by atoms with Crippen molar-refractivity contribution in [3.63, 3.8) is 0 Å². The van der Waals surface area contributed by atoms with E-state index in [2.05, 4.69) is 0 Å². The molecule has 0 aromatic heterocycles. The van der Waals surface area contributed by atoms with E-state index in [1.54, 1.807) is 0 Å². The molecule has 0 aromatic rings. The SMILES string of the molecule is CCCN(CCN)S(=O)(=O)O. The molecule has 0 radical (unpaired) electrons. The third-order valence-electron chi connectivity index (χ3n) is 1.18. The average molecular weight is 182 g/mol. The van der Waals surface area contributed by atoms with Gasteiger partial charge in [-0.15, -0.1) is 0 Å². The zero-order chi connectivity index (χ0) is 8.91. The van der Waals surface area contributed by atoms with E-state index in [0.717, 1.165) is 4.31 Å². The van der Waals surface area contributed by atoms with E-state index < -0.39 is 10.3 Å². The molecule has 0 amide bonds. The number of hydrogen-bond donors (Lipinski definition) is 2. The molecule has 0 saturated heterocycles. The van der Waals surface area contributed by atoms with Crippen molar-refractivity contribution in [2.75, 3.05) is 19.6 Å². The van der Waals surface area contributed by atoms with Gasteiger partial charge in [0.25, 0.3) is 0 Å². The molecule has 0 fully saturated rings. The first-order valence-corrected chi connectivity index (χ1v) is 4.84. The third-order valence-corrected chi connectivity index (χ3v) is 2.20. The number of rotatable bonds is 5. The van der Waals surface area contributed by atoms with Crippen LogP contribution in [-0.4, -0.2) is 36.9 Å². The molecule has 0 heterocycles. The van der Waals surface area contributed by atoms with Gasteiger partial charge in [0, 0.05) is 19.6 Å². The zero-order valence-corrected chi connectivity index (χ0v) is 7.34. The summed E-state index contributed by atoms with van der Waals surface area (Å²) in [5.74, 6) is 0. The maximum Gasteiger partial charge on any atom is 0.335 e. The standard InChI is InChI=1S/C5H14N2O3S/c1-2-4-7(5-3-6)11(8,9)10/h2-6H2,1H3,(H,8,9,10). The second kappa shape index (κ2) is 4.66. The highest BCUT2D eigenvalue weighted by Crippen LogP contribution is 1.96. The Hall–Kier alpha value is -0.170. The summed E-state index contributed by atoms with van der Waals surface area (Å²) >= 11 is 0. The summed E-state index contributed by atoms with van der Waals surface area (Å²) in [5, 5.41) is 0. The second-order valence-corrected chi connectivity index (χ2v) is 3.58. The molecule has 0 atom stereocenters. The summed E-state index contributed by atoms with van der Waals surface area (Å²) in [4.78, 5) is 0. The molecule has 0 bridgehead atoms. The van der Waals surface area contributed by atoms with Gasteiger partial charge >= 0.3 is 10.3 Å². The Kier molecular flexibility index (Phi) is 4.58. The molecular formula is C5H14N2O3S. The molecule has 0 aliphatic heterocycles. The molecule has 6 heteroatoms. The molecule has 68 valence electrons. The predicted molar refractivity (Wildman–Crippen MR) is 42.5 cm³/mol. The van der Waals surface area contributed by atoms with Crippen molar-refractivity contribution in [3.8, 4) is 0 Å². The Morgan fingerprint density at radius 2 is 2.00 bits per heavy atom. The molecule has 0 unspecified atom stereocenters. The van der Waals surface area contributed by atoms with Gasteiger partial charge in [0.05, 0.1) is 0 Å². The first-order valence-electron chi connectivity index (χ1n) is 3.45. The number of hydrogen-bond acceptors (Lipinski definition) is 3. The lowest BCUT2D eigenvalue weighted by molar-refractivity contribution is 0.355. The van der Waals surface area contributed by atoms with Crippen LogP contribution in [0.5, 0.6) is 0 Å². The minimum Gasteiger partial charge on any atom is -0.329 e. The summed E-state index contributed by atoms with van der Waals surface area (Å²) in [6.45, 7) is 2.54. The van der Waals surface area contributed by atoms with Crippen LogP contribution in [0.1, 0.15) is 13.3 Å². The quantitative estimate of drug-likeness (QED) is 0.559. The van der Waals surface area contributed by atoms with Crippen LogP contribution in [0.15, 0.2) is 0 Å². The lowest BCUT2D eigenvalue weighted by atomic mass is 10.5. The van der Waals surface area contributed by atoms with E-state index in [4.69, 9.17) is 10.3 Å². The van der Waals surface area contributed by atoms with Crippen molar-refractivity contribution in [2.45, 2.75) is 13.3 Å². The van der Waals surface area contributed by atoms with Crippen molar-refractivity contribution in [1.29, 1.82) is 0 Å². The molecule has 0 aliphatic rings. The highest BCUT2D eigenvalue weighted by atomic mass is 32.2. The van der Waals surface area contributed by atoms with Crippen molar-refractivity contribution in [2.24, 2.45) is 5.73 Å². The van der Waals surface area contributed by atoms with Crippen LogP contribution in [0.4, 0.5) is 0 Å². The fourth-order valence-corrected chi connectivity index (χ4v) is 1.49. The van der Waals surface area contributed by atoms with Crippen LogP contribution >= 0.6 is 0 Å². The Balaban J connectivity index is 4.11. The van der Waals surface area contributed by atoms with Gasteiger partial charge < -0.3 is 5.73 Å². The van der Waals surface area contributed by atoms with E-state index >= 15 is 0 Å². The van der Waals surface area contributed by atoms with Gasteiger partial charge in [-0.2, -0.15) is 12.7 Å². The fourth-order valence-electron chi connectivity index (χ4n) is 0.736. The van der Waals surface area contributed by atoms with E-state index in [0.29, 0.717) is 13.0 Å². The van der Waals surface area contributed by atoms with E-state index in [-0.39, 0.29) is 13.1 Å². The smallest absolute Gasteiger partial charge is 0.329 e. The van der Waals surface area contributed by atoms with Gasteiger partial charge in [-0.05, 0) is 6.42 Å². The van der Waals surface area contributed by atoms with Crippen LogP contribution in [-0.2, 0) is 10.3 Å². The molecule has 0 saturated carbocycles. The van der Waals surface area contributed by atoms with Crippen LogP contribution in [0.2, 0.25) is 0 Å². The van der Waals surface area contributed by atoms with Gasteiger partial charge in [-0.25, -0.2) is 0 Å². The van der Waals surface area contributed by atoms with E-state index in [1.807, 2.05) is 6.92 Å². The highest BCUT2D eigenvalue weighted by molar-refractivity contribution is 7.83. The Morgan fingerprint density at radius 1 is 1.45 bits per heavy atom. The van der Waals surface area contributed by atoms with Crippen molar-refractivity contribution < 1.29 is 13.0 Å². The zero-order valence-electron chi connectivity index (χ0n) is 6.52. The largest absolute Gasteiger partial charge is 0.335 e. The second-order valence-electron chi connectivity index (χ2n) is 2.17. The van der Waals surface area contributed by atoms with Crippen LogP contribution in [0.25, 0.3) is 0 Å². The van der Waals surface area contributed by atoms with Crippen LogP contribution in [0, 0.1) is 0 Å². The van der Waals surface area contributed by atoms with Gasteiger partial charge in [0.2, 0.25) is 0 Å². The Bertz CT molecular complexity index is 184. The number of nitrogens with zero attached hydrogens (tertiary/aromatic N) is 1. The average Bonchev–Trinajstić information content (AvgIpc) is 1.85. The summed E-state index contributed by atoms with van der Waals surface area (Å²) in [6, 6.07) is 0. The lowest BCUT2D eigenvalue weighted by Gasteiger charge is -2.15. The molecule has 11 heavy (non-hydrogen) atoms. The topological polar surface area (TPSA) is 83.6 Å². The summed E-state index contributed by atoms with van der Waals surface area (Å²) in [6.07, 6.45) is 0.666. The minimum absolute atomic E-state index is 0.173. The number of nitrogens with two attached hydrogens (primary N) is 1. The molecule has 0 aliphatic carbocycles. The minimum atomic E-state index is -4.04. The van der Waals surface area contributed by atoms with Crippen LogP contribution < -0.4 is 5.73 Å². The van der Waals surface area contributed by atoms with Gasteiger partial charge in [-0.3, -0.25) is 4.55 Å². The lowest BCUT2D eigenvalue weighted by Crippen LogP contribution is -2.35. The van der Waals surface area contributed by atoms with Crippen molar-refractivity contribution in [3.05, 3.63) is 0 Å². The van der Waals surface area contributed by atoms with Crippen molar-refractivity contribution in [1.82, 2.24) is 4.31 Å². The molecular weight excluding hydrogens is 168 g/mol. The maximum atomic E-state index is 10.5. The van der Waals surface area contributed by atoms with E-state index in [9.17, 15) is 8.42 Å². The molecule has 5 nitrogen and oxygen atoms in total. The molecule has 3 N–H and O–H groups in total. The molecule has 0 aromatic carbocycles.